The van der Waals surface area contributed by atoms with Crippen molar-refractivity contribution in [2.24, 2.45) is 0 Å². The zero-order valence-corrected chi connectivity index (χ0v) is 12.5. The molecule has 0 aliphatic carbocycles. The number of hydrogen-bond acceptors (Lipinski definition) is 3. The average Bonchev–Trinajstić information content (AvgIpc) is 2.99. The van der Waals surface area contributed by atoms with Gasteiger partial charge in [-0.25, -0.2) is 4.98 Å². The molecule has 1 aromatic heterocycles. The average molecular weight is 292 g/mol. The largest absolute Gasteiger partial charge is 0.399 e. The van der Waals surface area contributed by atoms with E-state index in [0.717, 1.165) is 28.1 Å². The van der Waals surface area contributed by atoms with Crippen molar-refractivity contribution in [1.29, 1.82) is 0 Å². The molecule has 1 aliphatic rings. The van der Waals surface area contributed by atoms with Gasteiger partial charge in [0.2, 0.25) is 0 Å². The summed E-state index contributed by atoms with van der Waals surface area (Å²) in [4.78, 5) is 10.5. The van der Waals surface area contributed by atoms with E-state index in [9.17, 15) is 0 Å². The Morgan fingerprint density at radius 2 is 1.73 bits per heavy atom. The summed E-state index contributed by atoms with van der Waals surface area (Å²) in [5.41, 5.74) is 10.9. The Kier molecular flexibility index (Phi) is 3.22. The highest BCUT2D eigenvalue weighted by molar-refractivity contribution is 5.82. The third-order valence-electron chi connectivity index (χ3n) is 4.37. The molecule has 1 saturated heterocycles. The second-order valence-corrected chi connectivity index (χ2v) is 5.96. The number of hydrogen-bond donors (Lipinski definition) is 2. The Morgan fingerprint density at radius 3 is 2.50 bits per heavy atom. The molecule has 4 nitrogen and oxygen atoms in total. The predicted molar refractivity (Wildman–Crippen MR) is 92.0 cm³/mol. The number of nitrogen functional groups attached to an aromatic ring is 1. The first kappa shape index (κ1) is 13.2. The van der Waals surface area contributed by atoms with Crippen molar-refractivity contribution in [3.63, 3.8) is 0 Å². The minimum absolute atomic E-state index is 0.753. The Morgan fingerprint density at radius 1 is 0.955 bits per heavy atom. The molecule has 1 fully saturated rings. The Labute approximate surface area is 130 Å². The van der Waals surface area contributed by atoms with Gasteiger partial charge in [0.25, 0.3) is 0 Å². The molecule has 3 aromatic rings. The van der Waals surface area contributed by atoms with Crippen LogP contribution >= 0.6 is 0 Å². The maximum Gasteiger partial charge on any atom is 0.138 e. The molecule has 3 N–H and O–H groups in total. The van der Waals surface area contributed by atoms with Crippen molar-refractivity contribution in [3.05, 3.63) is 42.5 Å². The number of benzene rings is 2. The van der Waals surface area contributed by atoms with Crippen molar-refractivity contribution in [1.82, 2.24) is 9.97 Å². The number of rotatable bonds is 2. The first-order valence-electron chi connectivity index (χ1n) is 7.90. The lowest BCUT2D eigenvalue weighted by Gasteiger charge is -2.28. The van der Waals surface area contributed by atoms with Gasteiger partial charge in [0.15, 0.2) is 0 Å². The molecule has 0 unspecified atom stereocenters. The van der Waals surface area contributed by atoms with Crippen LogP contribution in [0.2, 0.25) is 0 Å². The van der Waals surface area contributed by atoms with E-state index in [1.807, 2.05) is 18.2 Å². The minimum atomic E-state index is 0.753. The molecule has 0 atom stereocenters. The normalized spacial score (nSPS) is 15.4. The quantitative estimate of drug-likeness (QED) is 0.706. The lowest BCUT2D eigenvalue weighted by atomic mass is 10.1. The third kappa shape index (κ3) is 2.41. The smallest absolute Gasteiger partial charge is 0.138 e. The van der Waals surface area contributed by atoms with Crippen LogP contribution in [-0.2, 0) is 0 Å². The SMILES string of the molecule is Nc1ccc2nc(-c3ccc(N4CCCCC4)cc3)[nH]c2c1. The molecule has 22 heavy (non-hydrogen) atoms. The van der Waals surface area contributed by atoms with Gasteiger partial charge in [-0.2, -0.15) is 0 Å². The standard InChI is InChI=1S/C18H20N4/c19-14-6-9-16-17(12-14)21-18(20-16)13-4-7-15(8-5-13)22-10-2-1-3-11-22/h4-9,12H,1-3,10-11,19H2,(H,20,21). The van der Waals surface area contributed by atoms with Gasteiger partial charge in [0.05, 0.1) is 11.0 Å². The monoisotopic (exact) mass is 292 g/mol. The van der Waals surface area contributed by atoms with Gasteiger partial charge in [0, 0.05) is 30.0 Å². The number of imidazole rings is 1. The van der Waals surface area contributed by atoms with E-state index in [1.54, 1.807) is 0 Å². The molecule has 112 valence electrons. The predicted octanol–water partition coefficient (Wildman–Crippen LogP) is 3.80. The van der Waals surface area contributed by atoms with E-state index < -0.39 is 0 Å². The number of piperidine rings is 1. The van der Waals surface area contributed by atoms with E-state index in [0.29, 0.717) is 0 Å². The number of aromatic nitrogens is 2. The maximum absolute atomic E-state index is 5.82. The fourth-order valence-corrected chi connectivity index (χ4v) is 3.15. The summed E-state index contributed by atoms with van der Waals surface area (Å²) < 4.78 is 0. The van der Waals surface area contributed by atoms with E-state index >= 15 is 0 Å². The van der Waals surface area contributed by atoms with E-state index in [-0.39, 0.29) is 0 Å². The van der Waals surface area contributed by atoms with Crippen LogP contribution in [0.25, 0.3) is 22.4 Å². The second-order valence-electron chi connectivity index (χ2n) is 5.96. The molecular weight excluding hydrogens is 272 g/mol. The molecule has 4 rings (SSSR count). The third-order valence-corrected chi connectivity index (χ3v) is 4.37. The molecule has 0 radical (unpaired) electrons. The number of nitrogens with one attached hydrogen (secondary N) is 1. The molecule has 1 aliphatic heterocycles. The second kappa shape index (κ2) is 5.37. The summed E-state index contributed by atoms with van der Waals surface area (Å²) in [6.07, 6.45) is 3.95. The van der Waals surface area contributed by atoms with Crippen LogP contribution in [0.1, 0.15) is 19.3 Å². The van der Waals surface area contributed by atoms with Crippen LogP contribution < -0.4 is 10.6 Å². The molecule has 4 heteroatoms. The van der Waals surface area contributed by atoms with E-state index in [2.05, 4.69) is 39.1 Å². The summed E-state index contributed by atoms with van der Waals surface area (Å²) in [7, 11) is 0. The molecule has 0 spiro atoms. The molecular formula is C18H20N4. The molecule has 0 amide bonds. The first-order chi connectivity index (χ1) is 10.8. The van der Waals surface area contributed by atoms with Crippen molar-refractivity contribution < 1.29 is 0 Å². The Hall–Kier alpha value is -2.49. The molecule has 0 saturated carbocycles. The molecule has 0 bridgehead atoms. The summed E-state index contributed by atoms with van der Waals surface area (Å²) >= 11 is 0. The van der Waals surface area contributed by atoms with Crippen LogP contribution in [0, 0.1) is 0 Å². The van der Waals surface area contributed by atoms with Gasteiger partial charge < -0.3 is 15.6 Å². The van der Waals surface area contributed by atoms with E-state index in [4.69, 9.17) is 5.73 Å². The number of nitrogens with zero attached hydrogens (tertiary/aromatic N) is 2. The van der Waals surface area contributed by atoms with Gasteiger partial charge in [-0.05, 0) is 61.7 Å². The maximum atomic E-state index is 5.82. The zero-order valence-electron chi connectivity index (χ0n) is 12.5. The number of nitrogens with two attached hydrogens (primary N) is 1. The number of fused-ring (bicyclic) bond motifs is 1. The van der Waals surface area contributed by atoms with Crippen LogP contribution in [0.4, 0.5) is 11.4 Å². The lowest BCUT2D eigenvalue weighted by molar-refractivity contribution is 0.578. The van der Waals surface area contributed by atoms with Crippen LogP contribution in [0.15, 0.2) is 42.5 Å². The summed E-state index contributed by atoms with van der Waals surface area (Å²) in [6, 6.07) is 14.4. The van der Waals surface area contributed by atoms with Crippen molar-refractivity contribution >= 4 is 22.4 Å². The van der Waals surface area contributed by atoms with Crippen molar-refractivity contribution in [3.8, 4) is 11.4 Å². The highest BCUT2D eigenvalue weighted by Gasteiger charge is 2.11. The Balaban J connectivity index is 1.63. The van der Waals surface area contributed by atoms with Crippen LogP contribution in [0.5, 0.6) is 0 Å². The van der Waals surface area contributed by atoms with Gasteiger partial charge in [-0.15, -0.1) is 0 Å². The number of anilines is 2. The van der Waals surface area contributed by atoms with Gasteiger partial charge in [-0.3, -0.25) is 0 Å². The minimum Gasteiger partial charge on any atom is -0.399 e. The van der Waals surface area contributed by atoms with Crippen LogP contribution in [-0.4, -0.2) is 23.1 Å². The van der Waals surface area contributed by atoms with Gasteiger partial charge in [0.1, 0.15) is 5.82 Å². The van der Waals surface area contributed by atoms with E-state index in [1.165, 1.54) is 38.0 Å². The topological polar surface area (TPSA) is 57.9 Å². The van der Waals surface area contributed by atoms with Crippen molar-refractivity contribution in [2.45, 2.75) is 19.3 Å². The van der Waals surface area contributed by atoms with Crippen LogP contribution in [0.3, 0.4) is 0 Å². The summed E-state index contributed by atoms with van der Waals surface area (Å²) in [5.74, 6) is 0.894. The highest BCUT2D eigenvalue weighted by atomic mass is 15.1. The number of aromatic amines is 1. The molecule has 2 heterocycles. The van der Waals surface area contributed by atoms with Gasteiger partial charge in [-0.1, -0.05) is 0 Å². The van der Waals surface area contributed by atoms with Crippen molar-refractivity contribution in [2.75, 3.05) is 23.7 Å². The summed E-state index contributed by atoms with van der Waals surface area (Å²) in [6.45, 7) is 2.34. The molecule has 2 aromatic carbocycles. The summed E-state index contributed by atoms with van der Waals surface area (Å²) in [5, 5.41) is 0. The highest BCUT2D eigenvalue weighted by Crippen LogP contribution is 2.25. The first-order valence-corrected chi connectivity index (χ1v) is 7.90. The number of H-pyrrole nitrogens is 1. The van der Waals surface area contributed by atoms with Gasteiger partial charge >= 0.3 is 0 Å². The fraction of sp³-hybridized carbons (Fsp3) is 0.278. The Bertz CT molecular complexity index is 782. The lowest BCUT2D eigenvalue weighted by Crippen LogP contribution is -2.29. The fourth-order valence-electron chi connectivity index (χ4n) is 3.15. The zero-order chi connectivity index (χ0) is 14.9.